The summed E-state index contributed by atoms with van der Waals surface area (Å²) in [7, 11) is -1.46. The van der Waals surface area contributed by atoms with Crippen molar-refractivity contribution < 1.29 is 8.42 Å². The second-order valence-corrected chi connectivity index (χ2v) is 9.71. The Labute approximate surface area is 189 Å². The van der Waals surface area contributed by atoms with E-state index in [2.05, 4.69) is 34.5 Å². The van der Waals surface area contributed by atoms with Crippen LogP contribution in [0, 0.1) is 13.8 Å². The Balaban J connectivity index is 0.00000392. The van der Waals surface area contributed by atoms with Gasteiger partial charge < -0.3 is 10.6 Å². The summed E-state index contributed by atoms with van der Waals surface area (Å²) < 4.78 is 23.4. The topological polar surface area (TPSA) is 83.4 Å². The number of halogens is 1. The standard InChI is InChI=1S/C19H28N4O2S2.HI/c1-6-16-14(3)26-18(23-16)9-10-21-19(20-4)22-12-15-7-8-17(13(2)11-15)27(5,24)25;/h7-8,11H,6,9-10,12H2,1-5H3,(H2,20,21,22);1H. The lowest BCUT2D eigenvalue weighted by Crippen LogP contribution is -2.37. The molecule has 156 valence electrons. The van der Waals surface area contributed by atoms with Gasteiger partial charge in [0.2, 0.25) is 0 Å². The van der Waals surface area contributed by atoms with Gasteiger partial charge in [-0.05, 0) is 37.5 Å². The lowest BCUT2D eigenvalue weighted by Gasteiger charge is -2.12. The largest absolute Gasteiger partial charge is 0.356 e. The minimum absolute atomic E-state index is 0. The van der Waals surface area contributed by atoms with E-state index in [0.717, 1.165) is 35.5 Å². The predicted octanol–water partition coefficient (Wildman–Crippen LogP) is 3.25. The fourth-order valence-electron chi connectivity index (χ4n) is 2.85. The molecule has 28 heavy (non-hydrogen) atoms. The van der Waals surface area contributed by atoms with Crippen molar-refractivity contribution in [2.75, 3.05) is 19.8 Å². The van der Waals surface area contributed by atoms with Crippen LogP contribution in [0.2, 0.25) is 0 Å². The summed E-state index contributed by atoms with van der Waals surface area (Å²) in [5.74, 6) is 0.712. The first-order valence-electron chi connectivity index (χ1n) is 8.93. The molecule has 0 unspecified atom stereocenters. The monoisotopic (exact) mass is 536 g/mol. The molecule has 1 aromatic heterocycles. The van der Waals surface area contributed by atoms with Crippen molar-refractivity contribution in [3.63, 3.8) is 0 Å². The van der Waals surface area contributed by atoms with Gasteiger partial charge in [-0.1, -0.05) is 19.1 Å². The van der Waals surface area contributed by atoms with Gasteiger partial charge in [0.25, 0.3) is 0 Å². The number of thiazole rings is 1. The molecular formula is C19H29IN4O2S2. The Morgan fingerprint density at radius 3 is 2.50 bits per heavy atom. The summed E-state index contributed by atoms with van der Waals surface area (Å²) in [6, 6.07) is 5.38. The number of aryl methyl sites for hydroxylation is 3. The van der Waals surface area contributed by atoms with Crippen LogP contribution in [0.5, 0.6) is 0 Å². The molecule has 2 N–H and O–H groups in total. The quantitative estimate of drug-likeness (QED) is 0.323. The number of nitrogens with zero attached hydrogens (tertiary/aromatic N) is 2. The zero-order valence-electron chi connectivity index (χ0n) is 17.0. The smallest absolute Gasteiger partial charge is 0.191 e. The summed E-state index contributed by atoms with van der Waals surface area (Å²) in [4.78, 5) is 10.6. The number of hydrogen-bond donors (Lipinski definition) is 2. The summed E-state index contributed by atoms with van der Waals surface area (Å²) in [6.07, 6.45) is 3.05. The Kier molecular flexibility index (Phi) is 9.85. The number of aromatic nitrogens is 1. The van der Waals surface area contributed by atoms with Gasteiger partial charge in [0.1, 0.15) is 0 Å². The first-order valence-corrected chi connectivity index (χ1v) is 11.6. The van der Waals surface area contributed by atoms with Gasteiger partial charge in [0, 0.05) is 37.7 Å². The van der Waals surface area contributed by atoms with Crippen molar-refractivity contribution in [1.29, 1.82) is 0 Å². The molecule has 1 heterocycles. The van der Waals surface area contributed by atoms with Crippen molar-refractivity contribution in [3.05, 3.63) is 44.9 Å². The molecule has 0 saturated carbocycles. The van der Waals surface area contributed by atoms with Crippen LogP contribution in [0.25, 0.3) is 0 Å². The molecule has 2 rings (SSSR count). The molecule has 1 aromatic carbocycles. The van der Waals surface area contributed by atoms with E-state index >= 15 is 0 Å². The van der Waals surface area contributed by atoms with Gasteiger partial charge in [0.05, 0.1) is 15.6 Å². The van der Waals surface area contributed by atoms with Gasteiger partial charge in [0.15, 0.2) is 15.8 Å². The highest BCUT2D eigenvalue weighted by Crippen LogP contribution is 2.18. The van der Waals surface area contributed by atoms with Crippen molar-refractivity contribution in [2.45, 2.75) is 45.1 Å². The average Bonchev–Trinajstić information content (AvgIpc) is 2.96. The molecule has 0 aliphatic carbocycles. The van der Waals surface area contributed by atoms with Crippen LogP contribution < -0.4 is 10.6 Å². The Bertz CT molecular complexity index is 924. The van der Waals surface area contributed by atoms with Crippen molar-refractivity contribution >= 4 is 51.1 Å². The van der Waals surface area contributed by atoms with Gasteiger partial charge in [-0.15, -0.1) is 35.3 Å². The normalized spacial score (nSPS) is 11.8. The van der Waals surface area contributed by atoms with Crippen LogP contribution in [-0.2, 0) is 29.2 Å². The molecule has 0 spiro atoms. The van der Waals surface area contributed by atoms with Crippen molar-refractivity contribution in [3.8, 4) is 0 Å². The number of benzene rings is 1. The minimum Gasteiger partial charge on any atom is -0.356 e. The van der Waals surface area contributed by atoms with Crippen molar-refractivity contribution in [2.24, 2.45) is 4.99 Å². The maximum atomic E-state index is 11.7. The molecule has 0 aliphatic rings. The second-order valence-electron chi connectivity index (χ2n) is 6.44. The summed E-state index contributed by atoms with van der Waals surface area (Å²) in [5.41, 5.74) is 2.95. The van der Waals surface area contributed by atoms with E-state index in [9.17, 15) is 8.42 Å². The van der Waals surface area contributed by atoms with Gasteiger partial charge >= 0.3 is 0 Å². The molecule has 2 aromatic rings. The molecule has 0 aliphatic heterocycles. The molecule has 0 amide bonds. The first-order chi connectivity index (χ1) is 12.7. The molecule has 0 atom stereocenters. The molecule has 6 nitrogen and oxygen atoms in total. The predicted molar refractivity (Wildman–Crippen MR) is 128 cm³/mol. The van der Waals surface area contributed by atoms with E-state index in [-0.39, 0.29) is 24.0 Å². The third kappa shape index (κ3) is 7.00. The Morgan fingerprint density at radius 2 is 1.96 bits per heavy atom. The maximum absolute atomic E-state index is 11.7. The van der Waals surface area contributed by atoms with E-state index in [4.69, 9.17) is 0 Å². The van der Waals surface area contributed by atoms with Crippen LogP contribution in [0.15, 0.2) is 28.1 Å². The summed E-state index contributed by atoms with van der Waals surface area (Å²) >= 11 is 1.75. The second kappa shape index (κ2) is 11.1. The fraction of sp³-hybridized carbons (Fsp3) is 0.474. The number of hydrogen-bond acceptors (Lipinski definition) is 5. The van der Waals surface area contributed by atoms with E-state index in [0.29, 0.717) is 17.4 Å². The van der Waals surface area contributed by atoms with Crippen LogP contribution in [0.4, 0.5) is 0 Å². The third-order valence-electron chi connectivity index (χ3n) is 4.23. The van der Waals surface area contributed by atoms with Crippen LogP contribution >= 0.6 is 35.3 Å². The molecular weight excluding hydrogens is 507 g/mol. The highest BCUT2D eigenvalue weighted by atomic mass is 127. The molecule has 0 saturated heterocycles. The summed E-state index contributed by atoms with van der Waals surface area (Å²) in [5, 5.41) is 7.69. The van der Waals surface area contributed by atoms with E-state index in [1.807, 2.05) is 19.1 Å². The van der Waals surface area contributed by atoms with Gasteiger partial charge in [-0.3, -0.25) is 4.99 Å². The molecule has 9 heteroatoms. The highest BCUT2D eigenvalue weighted by molar-refractivity contribution is 14.0. The van der Waals surface area contributed by atoms with Crippen LogP contribution in [0.3, 0.4) is 0 Å². The molecule has 0 fully saturated rings. The van der Waals surface area contributed by atoms with E-state index < -0.39 is 9.84 Å². The maximum Gasteiger partial charge on any atom is 0.191 e. The Morgan fingerprint density at radius 1 is 1.25 bits per heavy atom. The minimum atomic E-state index is -3.19. The molecule has 0 bridgehead atoms. The lowest BCUT2D eigenvalue weighted by atomic mass is 10.1. The van der Waals surface area contributed by atoms with Crippen LogP contribution in [0.1, 0.15) is 33.6 Å². The number of aliphatic imine (C=N–C) groups is 1. The third-order valence-corrected chi connectivity index (χ3v) is 6.56. The average molecular weight is 537 g/mol. The van der Waals surface area contributed by atoms with Gasteiger partial charge in [-0.25, -0.2) is 13.4 Å². The van der Waals surface area contributed by atoms with Crippen LogP contribution in [-0.4, -0.2) is 39.2 Å². The van der Waals surface area contributed by atoms with Gasteiger partial charge in [-0.2, -0.15) is 0 Å². The number of rotatable bonds is 7. The number of guanidine groups is 1. The SMILES string of the molecule is CCc1nc(CCNC(=NC)NCc2ccc(S(C)(=O)=O)c(C)c2)sc1C.I. The Hall–Kier alpha value is -1.20. The summed E-state index contributed by atoms with van der Waals surface area (Å²) in [6.45, 7) is 7.38. The lowest BCUT2D eigenvalue weighted by molar-refractivity contribution is 0.601. The number of sulfone groups is 1. The fourth-order valence-corrected chi connectivity index (χ4v) is 4.83. The number of nitrogens with one attached hydrogen (secondary N) is 2. The zero-order valence-corrected chi connectivity index (χ0v) is 21.0. The van der Waals surface area contributed by atoms with E-state index in [1.54, 1.807) is 24.5 Å². The zero-order chi connectivity index (χ0) is 20.0. The van der Waals surface area contributed by atoms with E-state index in [1.165, 1.54) is 16.8 Å². The first kappa shape index (κ1) is 24.8. The highest BCUT2D eigenvalue weighted by Gasteiger charge is 2.11. The molecule has 0 radical (unpaired) electrons. The van der Waals surface area contributed by atoms with Crippen molar-refractivity contribution in [1.82, 2.24) is 15.6 Å².